The van der Waals surface area contributed by atoms with Gasteiger partial charge in [-0.1, -0.05) is 43.2 Å². The SMILES string of the molecule is CC#CC#CC#CC#CC#CC#CC#CC.CN(C)CC(c1ccc(O)cc1)C1(O)CCCCC1.O=NO.[HH].[HH].[HH].[HH].[HH].[HH].[HH].[HH].[HH]. The molecule has 6 heteroatoms. The van der Waals surface area contributed by atoms with E-state index in [1.54, 1.807) is 26.0 Å². The van der Waals surface area contributed by atoms with E-state index in [9.17, 15) is 10.2 Å². The van der Waals surface area contributed by atoms with Crippen molar-refractivity contribution in [3.63, 3.8) is 0 Å². The van der Waals surface area contributed by atoms with Crippen molar-refractivity contribution in [3.8, 4) is 88.6 Å². The molecule has 6 nitrogen and oxygen atoms in total. The standard InChI is InChI=1S/C16H25NO2.C16H6.HNO2.9H2/c1-17(2)12-15(13-6-8-14(18)9-7-13)16(19)10-4-3-5-11-16;1-3-5-7-9-11-13-15-16-14-12-10-8-6-4-2;2-1-3;;;;;;;;;/h6-9,15,18-19H,3-5,10-12H2,1-2H3;1-2H3;(H,2,3);9*1H. The Hall–Kier alpha value is -4.74. The number of hydrogen-bond donors (Lipinski definition) is 3. The van der Waals surface area contributed by atoms with Gasteiger partial charge in [0.1, 0.15) is 5.75 Å². The number of nitrogens with zero attached hydrogens (tertiary/aromatic N) is 2. The number of benzene rings is 1. The summed E-state index contributed by atoms with van der Waals surface area (Å²) in [4.78, 5) is 10.2. The summed E-state index contributed by atoms with van der Waals surface area (Å²) in [7, 11) is 4.08. The first-order chi connectivity index (χ1) is 18.3. The second kappa shape index (κ2) is 21.5. The topological polar surface area (TPSA) is 93.4 Å². The molecule has 0 amide bonds. The lowest BCUT2D eigenvalue weighted by Crippen LogP contribution is -2.42. The molecule has 0 heterocycles. The van der Waals surface area contributed by atoms with Gasteiger partial charge in [0.15, 0.2) is 5.34 Å². The average Bonchev–Trinajstić information content (AvgIpc) is 2.90. The summed E-state index contributed by atoms with van der Waals surface area (Å²) in [6, 6.07) is 7.31. The Morgan fingerprint density at radius 3 is 1.53 bits per heavy atom. The number of phenolic OH excluding ortho intramolecular Hbond substituents is 1. The van der Waals surface area contributed by atoms with Gasteiger partial charge in [0.05, 0.1) is 5.60 Å². The van der Waals surface area contributed by atoms with Crippen molar-refractivity contribution >= 4 is 0 Å². The van der Waals surface area contributed by atoms with Crippen molar-refractivity contribution in [2.75, 3.05) is 20.6 Å². The summed E-state index contributed by atoms with van der Waals surface area (Å²) < 4.78 is 0. The Morgan fingerprint density at radius 1 is 0.816 bits per heavy atom. The number of hydrogen-bond acceptors (Lipinski definition) is 5. The molecular weight excluding hydrogens is 476 g/mol. The van der Waals surface area contributed by atoms with Gasteiger partial charge in [-0.3, -0.25) is 0 Å². The largest absolute Gasteiger partial charge is 0.508 e. The highest BCUT2D eigenvalue weighted by atomic mass is 16.6. The Morgan fingerprint density at radius 2 is 1.18 bits per heavy atom. The molecule has 1 aromatic rings. The molecule has 0 bridgehead atoms. The fraction of sp³-hybridized carbons (Fsp3) is 0.375. The van der Waals surface area contributed by atoms with Gasteiger partial charge in [0.25, 0.3) is 0 Å². The molecule has 1 aromatic carbocycles. The van der Waals surface area contributed by atoms with Crippen LogP contribution in [0, 0.1) is 87.8 Å². The first-order valence-corrected chi connectivity index (χ1v) is 11.8. The Balaban J connectivity index is -0.0000000575. The molecule has 1 saturated carbocycles. The Bertz CT molecular complexity index is 1280. The molecule has 0 aliphatic heterocycles. The van der Waals surface area contributed by atoms with Gasteiger partial charge < -0.3 is 20.3 Å². The fourth-order valence-corrected chi connectivity index (χ4v) is 3.61. The predicted octanol–water partition coefficient (Wildman–Crippen LogP) is 6.14. The average molecular weight is 527 g/mol. The minimum atomic E-state index is -0.598. The maximum Gasteiger partial charge on any atom is 0.152 e. The van der Waals surface area contributed by atoms with Crippen LogP contribution in [-0.2, 0) is 0 Å². The maximum atomic E-state index is 11.0. The Kier molecular flexibility index (Phi) is 18.8. The van der Waals surface area contributed by atoms with Crippen molar-refractivity contribution < 1.29 is 28.3 Å². The maximum absolute atomic E-state index is 11.0. The molecule has 0 aromatic heterocycles. The van der Waals surface area contributed by atoms with Crippen LogP contribution >= 0.6 is 0 Å². The first kappa shape index (κ1) is 33.3. The molecule has 38 heavy (non-hydrogen) atoms. The molecule has 1 aliphatic carbocycles. The van der Waals surface area contributed by atoms with E-state index in [1.165, 1.54) is 11.8 Å². The molecule has 0 saturated heterocycles. The van der Waals surface area contributed by atoms with Gasteiger partial charge in [-0.2, -0.15) is 0 Å². The zero-order valence-corrected chi connectivity index (χ0v) is 22.3. The van der Waals surface area contributed by atoms with Crippen LogP contribution in [0.25, 0.3) is 0 Å². The van der Waals surface area contributed by atoms with E-state index in [0.29, 0.717) is 0 Å². The number of phenols is 1. The second-order valence-corrected chi connectivity index (χ2v) is 8.15. The van der Waals surface area contributed by atoms with E-state index in [1.807, 2.05) is 26.2 Å². The number of rotatable bonds is 4. The highest BCUT2D eigenvalue weighted by molar-refractivity contribution is 5.45. The van der Waals surface area contributed by atoms with E-state index in [-0.39, 0.29) is 24.5 Å². The molecule has 1 unspecified atom stereocenters. The third-order valence-electron chi connectivity index (χ3n) is 5.15. The van der Waals surface area contributed by atoms with Crippen LogP contribution in [0.1, 0.15) is 70.3 Å². The van der Waals surface area contributed by atoms with Gasteiger partial charge >= 0.3 is 0 Å². The van der Waals surface area contributed by atoms with Crippen LogP contribution in [0.15, 0.2) is 29.6 Å². The third-order valence-corrected chi connectivity index (χ3v) is 5.15. The zero-order chi connectivity index (χ0) is 28.5. The highest BCUT2D eigenvalue weighted by Crippen LogP contribution is 2.40. The van der Waals surface area contributed by atoms with Crippen molar-refractivity contribution in [1.29, 1.82) is 0 Å². The number of aromatic hydroxyl groups is 1. The normalized spacial score (nSPS) is 12.2. The van der Waals surface area contributed by atoms with E-state index in [4.69, 9.17) is 10.1 Å². The quantitative estimate of drug-likeness (QED) is 0.249. The summed E-state index contributed by atoms with van der Waals surface area (Å²) in [5.41, 5.74) is 0.523. The third kappa shape index (κ3) is 16.0. The lowest BCUT2D eigenvalue weighted by atomic mass is 9.72. The Labute approximate surface area is 240 Å². The van der Waals surface area contributed by atoms with E-state index < -0.39 is 5.60 Å². The van der Waals surface area contributed by atoms with E-state index in [2.05, 4.69) is 87.8 Å². The molecule has 1 fully saturated rings. The van der Waals surface area contributed by atoms with Crippen LogP contribution in [0.3, 0.4) is 0 Å². The van der Waals surface area contributed by atoms with Crippen LogP contribution in [0.4, 0.5) is 0 Å². The van der Waals surface area contributed by atoms with Crippen LogP contribution < -0.4 is 0 Å². The summed E-state index contributed by atoms with van der Waals surface area (Å²) in [6.07, 6.45) is 5.21. The van der Waals surface area contributed by atoms with Gasteiger partial charge in [0, 0.05) is 25.3 Å². The van der Waals surface area contributed by atoms with Crippen molar-refractivity contribution in [3.05, 3.63) is 34.7 Å². The lowest BCUT2D eigenvalue weighted by Gasteiger charge is -2.40. The first-order valence-electron chi connectivity index (χ1n) is 11.8. The molecule has 1 atom stereocenters. The van der Waals surface area contributed by atoms with Crippen molar-refractivity contribution in [1.82, 2.24) is 4.90 Å². The molecule has 0 spiro atoms. The summed E-state index contributed by atoms with van der Waals surface area (Å²) in [6.45, 7) is 4.25. The number of aliphatic hydroxyl groups is 1. The summed E-state index contributed by atoms with van der Waals surface area (Å²) >= 11 is 0. The van der Waals surface area contributed by atoms with Crippen LogP contribution in [0.2, 0.25) is 0 Å². The lowest BCUT2D eigenvalue weighted by molar-refractivity contribution is -0.0277. The smallest absolute Gasteiger partial charge is 0.152 e. The monoisotopic (exact) mass is 526 g/mol. The number of likely N-dealkylation sites (N-methyl/N-ethyl adjacent to an activating group) is 1. The van der Waals surface area contributed by atoms with E-state index in [0.717, 1.165) is 37.8 Å². The van der Waals surface area contributed by atoms with E-state index >= 15 is 0 Å². The van der Waals surface area contributed by atoms with Gasteiger partial charge in [-0.05, 0) is 130 Å². The van der Waals surface area contributed by atoms with Gasteiger partial charge in [-0.15, -0.1) is 4.91 Å². The molecule has 0 radical (unpaired) electrons. The molecule has 2 rings (SSSR count). The summed E-state index contributed by atoms with van der Waals surface area (Å²) in [5, 5.41) is 28.3. The highest BCUT2D eigenvalue weighted by Gasteiger charge is 2.38. The minimum absolute atomic E-state index is 0. The zero-order valence-electron chi connectivity index (χ0n) is 22.3. The molecule has 3 N–H and O–H groups in total. The summed E-state index contributed by atoms with van der Waals surface area (Å²) in [5.74, 6) is 36.0. The van der Waals surface area contributed by atoms with Crippen LogP contribution in [0.5, 0.6) is 5.75 Å². The second-order valence-electron chi connectivity index (χ2n) is 8.15. The fourth-order valence-electron chi connectivity index (χ4n) is 3.61. The molecular formula is C32H50N2O4. The predicted molar refractivity (Wildman–Crippen MR) is 170 cm³/mol. The van der Waals surface area contributed by atoms with Crippen LogP contribution in [-0.4, -0.2) is 46.6 Å². The van der Waals surface area contributed by atoms with Crippen molar-refractivity contribution in [2.24, 2.45) is 5.34 Å². The molecule has 212 valence electrons. The molecule has 1 aliphatic rings. The van der Waals surface area contributed by atoms with Gasteiger partial charge in [0.2, 0.25) is 0 Å². The minimum Gasteiger partial charge on any atom is -0.508 e. The van der Waals surface area contributed by atoms with Gasteiger partial charge in [-0.25, -0.2) is 0 Å². The van der Waals surface area contributed by atoms with Crippen molar-refractivity contribution in [2.45, 2.75) is 57.5 Å².